The summed E-state index contributed by atoms with van der Waals surface area (Å²) in [5.74, 6) is -0.271. The molecular weight excluding hydrogens is 824 g/mol. The number of rotatable bonds is 6. The van der Waals surface area contributed by atoms with Crippen molar-refractivity contribution in [2.45, 2.75) is 32.9 Å². The van der Waals surface area contributed by atoms with Crippen molar-refractivity contribution >= 4 is 35.2 Å². The molecule has 5 aromatic carbocycles. The molecule has 0 aliphatic heterocycles. The molecule has 0 spiro atoms. The molecule has 51 heavy (non-hydrogen) atoms. The van der Waals surface area contributed by atoms with Crippen molar-refractivity contribution in [2.24, 2.45) is 0 Å². The molecule has 8 aromatic rings. The zero-order chi connectivity index (χ0) is 39.0. The van der Waals surface area contributed by atoms with Crippen LogP contribution >= 0.6 is 0 Å². The van der Waals surface area contributed by atoms with Gasteiger partial charge < -0.3 is 14.4 Å². The monoisotopic (exact) mass is 866 g/mol. The van der Waals surface area contributed by atoms with Crippen LogP contribution in [-0.4, -0.2) is 18.0 Å². The quantitative estimate of drug-likeness (QED) is 0.123. The molecule has 1 radical (unpaired) electrons. The van der Waals surface area contributed by atoms with Gasteiger partial charge >= 0.3 is 0 Å². The van der Waals surface area contributed by atoms with Crippen LogP contribution in [0.15, 0.2) is 144 Å². The topological polar surface area (TPSA) is 38.9 Å². The first-order chi connectivity index (χ1) is 26.2. The summed E-state index contributed by atoms with van der Waals surface area (Å²) in [6.07, 6.45) is 1.88. The summed E-state index contributed by atoms with van der Waals surface area (Å²) in [6.45, 7) is 4.72. The molecule has 0 bridgehead atoms. The average Bonchev–Trinajstić information content (AvgIpc) is 3.55. The molecule has 0 saturated carbocycles. The molecule has 0 amide bonds. The Bertz CT molecular complexity index is 2590. The Kier molecular flexibility index (Phi) is 9.02. The minimum Gasteiger partial charge on any atom is -0.500 e. The minimum absolute atomic E-state index is 0. The molecule has 0 aliphatic rings. The first kappa shape index (κ1) is 29.7. The molecule has 0 saturated heterocycles. The summed E-state index contributed by atoms with van der Waals surface area (Å²) in [5.41, 5.74) is 7.71. The van der Waals surface area contributed by atoms with Gasteiger partial charge in [-0.05, 0) is 70.3 Å². The van der Waals surface area contributed by atoms with E-state index in [2.05, 4.69) is 47.8 Å². The van der Waals surface area contributed by atoms with E-state index in [0.717, 1.165) is 44.3 Å². The largest absolute Gasteiger partial charge is 0.500 e. The number of nitrogens with zero attached hydrogens (tertiary/aromatic N) is 2. The van der Waals surface area contributed by atoms with Crippen LogP contribution in [0.25, 0.3) is 55.6 Å². The molecule has 6 heteroatoms. The van der Waals surface area contributed by atoms with Gasteiger partial charge in [-0.15, -0.1) is 53.6 Å². The second-order valence-electron chi connectivity index (χ2n) is 13.0. The molecule has 3 nitrogen and oxygen atoms in total. The van der Waals surface area contributed by atoms with Crippen molar-refractivity contribution < 1.29 is 35.8 Å². The van der Waals surface area contributed by atoms with Crippen molar-refractivity contribution in [2.75, 3.05) is 0 Å². The second kappa shape index (κ2) is 15.5. The Morgan fingerprint density at radius 1 is 0.706 bits per heavy atom. The Labute approximate surface area is 320 Å². The van der Waals surface area contributed by atoms with Crippen LogP contribution < -0.4 is 5.19 Å². The number of halogens is 1. The SMILES string of the molecule is C[Si](C)(C)c1ccc(-c2[c-]cc(F)cc2)nc1.[2H]C([2H])([2H])c1ccc(-c2ccc3oc4c[c-]c(-c5cc(C([2H])([2H])c6ccccc6)ccn5)cc4c3c2)cc1.[Ir]. The van der Waals surface area contributed by atoms with Gasteiger partial charge in [-0.1, -0.05) is 109 Å². The van der Waals surface area contributed by atoms with Gasteiger partial charge in [-0.2, -0.15) is 0 Å². The number of hydrogen-bond acceptors (Lipinski definition) is 3. The smallest absolute Gasteiger partial charge is 0.121 e. The van der Waals surface area contributed by atoms with Crippen LogP contribution in [-0.2, 0) is 26.5 Å². The maximum Gasteiger partial charge on any atom is 0.121 e. The van der Waals surface area contributed by atoms with E-state index in [4.69, 9.17) is 11.3 Å². The Balaban J connectivity index is 0.000000248. The van der Waals surface area contributed by atoms with Crippen LogP contribution in [0.5, 0.6) is 0 Å². The van der Waals surface area contributed by atoms with E-state index >= 15 is 0 Å². The molecule has 3 aromatic heterocycles. The molecule has 8 rings (SSSR count). The van der Waals surface area contributed by atoms with Gasteiger partial charge in [0.2, 0.25) is 0 Å². The maximum absolute atomic E-state index is 12.8. The van der Waals surface area contributed by atoms with Crippen molar-refractivity contribution in [3.8, 4) is 33.6 Å². The molecule has 0 N–H and O–H groups in total. The third-order valence-electron chi connectivity index (χ3n) is 8.40. The molecule has 0 aliphatic carbocycles. The third-order valence-corrected chi connectivity index (χ3v) is 10.4. The molecular formula is C45H37FIrN2OSi-2. The first-order valence-corrected chi connectivity index (χ1v) is 19.8. The van der Waals surface area contributed by atoms with Gasteiger partial charge in [-0.25, -0.2) is 0 Å². The normalized spacial score (nSPS) is 13.1. The van der Waals surface area contributed by atoms with Crippen LogP contribution in [0, 0.1) is 24.8 Å². The summed E-state index contributed by atoms with van der Waals surface area (Å²) >= 11 is 0. The van der Waals surface area contributed by atoms with Crippen molar-refractivity contribution in [1.82, 2.24) is 9.97 Å². The Morgan fingerprint density at radius 3 is 2.18 bits per heavy atom. The van der Waals surface area contributed by atoms with Crippen molar-refractivity contribution in [3.05, 3.63) is 174 Å². The number of furan rings is 1. The van der Waals surface area contributed by atoms with Gasteiger partial charge in [0, 0.05) is 50.6 Å². The van der Waals surface area contributed by atoms with Gasteiger partial charge in [0.1, 0.15) is 5.58 Å². The number of hydrogen-bond donors (Lipinski definition) is 0. The van der Waals surface area contributed by atoms with Gasteiger partial charge in [0.15, 0.2) is 0 Å². The number of aromatic nitrogens is 2. The van der Waals surface area contributed by atoms with E-state index < -0.39 is 21.3 Å². The van der Waals surface area contributed by atoms with Gasteiger partial charge in [0.25, 0.3) is 0 Å². The van der Waals surface area contributed by atoms with E-state index in [1.165, 1.54) is 17.3 Å². The maximum atomic E-state index is 12.8. The predicted molar refractivity (Wildman–Crippen MR) is 207 cm³/mol. The van der Waals surface area contributed by atoms with Gasteiger partial charge in [0.05, 0.1) is 13.7 Å². The minimum atomic E-state index is -2.14. The number of aryl methyl sites for hydroxylation is 1. The third kappa shape index (κ3) is 8.49. The molecule has 0 fully saturated rings. The fraction of sp³-hybridized carbons (Fsp3) is 0.111. The van der Waals surface area contributed by atoms with E-state index in [1.54, 1.807) is 54.7 Å². The zero-order valence-electron chi connectivity index (χ0n) is 33.3. The molecule has 3 heterocycles. The Morgan fingerprint density at radius 2 is 1.47 bits per heavy atom. The fourth-order valence-corrected chi connectivity index (χ4v) is 6.65. The number of benzene rings is 5. The predicted octanol–water partition coefficient (Wildman–Crippen LogP) is 11.2. The summed E-state index contributed by atoms with van der Waals surface area (Å²) in [7, 11) is -1.30. The average molecular weight is 866 g/mol. The standard InChI is InChI=1S/C31H22NO.C14H15FNSi.Ir/c1-21-7-9-24(10-8-21)25-11-13-30-27(19-25)28-20-26(12-14-31(28)33-30)29-18-23(15-16-32-29)17-22-5-3-2-4-6-22;1-17(2,3)13-8-9-14(16-10-13)11-4-6-12(15)7-5-11;/h2-11,13-16,18-20H,17H2,1H3;4,6-10H,1-3H3;/q2*-1;/i1D3,17D2;;. The summed E-state index contributed by atoms with van der Waals surface area (Å²) in [4.78, 5) is 8.93. The number of fused-ring (bicyclic) bond motifs is 3. The summed E-state index contributed by atoms with van der Waals surface area (Å²) in [6, 6.07) is 43.8. The van der Waals surface area contributed by atoms with Gasteiger partial charge in [-0.3, -0.25) is 4.39 Å². The molecule has 255 valence electrons. The van der Waals surface area contributed by atoms with Crippen LogP contribution in [0.3, 0.4) is 0 Å². The van der Waals surface area contributed by atoms with Crippen LogP contribution in [0.1, 0.15) is 23.5 Å². The first-order valence-electron chi connectivity index (χ1n) is 18.8. The molecule has 0 atom stereocenters. The number of pyridine rings is 2. The van der Waals surface area contributed by atoms with E-state index in [9.17, 15) is 4.39 Å². The second-order valence-corrected chi connectivity index (χ2v) is 18.1. The van der Waals surface area contributed by atoms with E-state index in [-0.39, 0.29) is 25.9 Å². The van der Waals surface area contributed by atoms with Crippen LogP contribution in [0.4, 0.5) is 4.39 Å². The summed E-state index contributed by atoms with van der Waals surface area (Å²) in [5, 5.41) is 3.14. The van der Waals surface area contributed by atoms with Crippen molar-refractivity contribution in [3.63, 3.8) is 0 Å². The fourth-order valence-electron chi connectivity index (χ4n) is 5.62. The molecule has 0 unspecified atom stereocenters. The van der Waals surface area contributed by atoms with Crippen molar-refractivity contribution in [1.29, 1.82) is 0 Å². The van der Waals surface area contributed by atoms with E-state index in [0.29, 0.717) is 28.0 Å². The van der Waals surface area contributed by atoms with E-state index in [1.807, 2.05) is 66.9 Å². The zero-order valence-corrected chi connectivity index (χ0v) is 31.7. The Hall–Kier alpha value is -5.00. The summed E-state index contributed by atoms with van der Waals surface area (Å²) < 4.78 is 59.1. The van der Waals surface area contributed by atoms with Crippen LogP contribution in [0.2, 0.25) is 19.6 Å².